The normalized spacial score (nSPS) is 16.2. The van der Waals surface area contributed by atoms with E-state index in [1.165, 1.54) is 15.9 Å². The quantitative estimate of drug-likeness (QED) is 0.310. The van der Waals surface area contributed by atoms with Crippen LogP contribution in [0.15, 0.2) is 36.4 Å². The number of nitrogens with zero attached hydrogens (tertiary/aromatic N) is 4. The first-order valence-electron chi connectivity index (χ1n) is 14.9. The number of nitrogen functional groups attached to an aromatic ring is 1. The molecule has 14 heteroatoms. The monoisotopic (exact) mass is 642 g/mol. The Hall–Kier alpha value is -4.88. The molecule has 46 heavy (non-hydrogen) atoms. The predicted octanol–water partition coefficient (Wildman–Crippen LogP) is 3.19. The number of carbonyl (C=O) groups excluding carboxylic acids is 5. The minimum atomic E-state index is -0.641. The van der Waals surface area contributed by atoms with Crippen LogP contribution in [0.2, 0.25) is 0 Å². The maximum Gasteiger partial charge on any atom is 0.414 e. The molecule has 2 aliphatic rings. The van der Waals surface area contributed by atoms with Gasteiger partial charge < -0.3 is 35.2 Å². The number of hydrogen-bond donors (Lipinski definition) is 2. The van der Waals surface area contributed by atoms with Gasteiger partial charge in [-0.2, -0.15) is 0 Å². The van der Waals surface area contributed by atoms with Crippen LogP contribution >= 0.6 is 0 Å². The highest BCUT2D eigenvalue weighted by Gasteiger charge is 2.33. The van der Waals surface area contributed by atoms with Gasteiger partial charge in [-0.25, -0.2) is 14.0 Å². The maximum absolute atomic E-state index is 15.0. The molecule has 0 unspecified atom stereocenters. The molecule has 4 rings (SSSR count). The lowest BCUT2D eigenvalue weighted by Gasteiger charge is -2.36. The van der Waals surface area contributed by atoms with Crippen LogP contribution in [0.4, 0.5) is 31.0 Å². The van der Waals surface area contributed by atoms with E-state index in [0.717, 1.165) is 11.8 Å². The molecule has 4 amide bonds. The number of aryl methyl sites for hydroxylation is 1. The maximum atomic E-state index is 15.0. The summed E-state index contributed by atoms with van der Waals surface area (Å²) in [4.78, 5) is 63.8. The largest absolute Gasteiger partial charge is 0.444 e. The van der Waals surface area contributed by atoms with Gasteiger partial charge in [-0.05, 0) is 69.7 Å². The van der Waals surface area contributed by atoms with Crippen LogP contribution in [-0.4, -0.2) is 105 Å². The fraction of sp³-hybridized carbons (Fsp3) is 0.469. The Morgan fingerprint density at radius 1 is 1.13 bits per heavy atom. The van der Waals surface area contributed by atoms with Crippen LogP contribution in [0.25, 0.3) is 0 Å². The highest BCUT2D eigenvalue weighted by Crippen LogP contribution is 2.28. The van der Waals surface area contributed by atoms with Gasteiger partial charge in [0.25, 0.3) is 0 Å². The molecule has 2 heterocycles. The number of hydrogen-bond acceptors (Lipinski definition) is 9. The lowest BCUT2D eigenvalue weighted by atomic mass is 10.1. The molecule has 0 saturated carbocycles. The van der Waals surface area contributed by atoms with Gasteiger partial charge in [-0.15, -0.1) is 0 Å². The Balaban J connectivity index is 0.000000489. The minimum Gasteiger partial charge on any atom is -0.444 e. The molecular formula is C32H43FN6O7. The standard InChI is InChI=1S/C24H34FN5O6.C8H9NO/c1-24(2,3)36-22(33)26-14-18-15-30(23(34)35-18)17-5-6-20(19(25)13-17)28-9-11-29(12-10-28)21(32)7-8-27(4)16-31;1-6-4-8(9)3-2-7(6)5-10/h5-6,13,16,18H,7-12,14-15H2,1-4H3,(H,26,33);2-5H,9H2,1H3/t18-;/m0./s1. The van der Waals surface area contributed by atoms with E-state index >= 15 is 4.39 Å². The lowest BCUT2D eigenvalue weighted by molar-refractivity contribution is -0.132. The van der Waals surface area contributed by atoms with Gasteiger partial charge in [0, 0.05) is 57.4 Å². The number of cyclic esters (lactones) is 1. The van der Waals surface area contributed by atoms with Crippen LogP contribution in [0.1, 0.15) is 43.1 Å². The van der Waals surface area contributed by atoms with Gasteiger partial charge >= 0.3 is 12.2 Å². The zero-order valence-electron chi connectivity index (χ0n) is 27.0. The number of nitrogens with two attached hydrogens (primary N) is 1. The molecule has 0 bridgehead atoms. The Morgan fingerprint density at radius 2 is 1.83 bits per heavy atom. The number of ether oxygens (including phenoxy) is 2. The number of nitrogens with one attached hydrogen (secondary N) is 1. The second-order valence-electron chi connectivity index (χ2n) is 12.1. The molecule has 0 spiro atoms. The van der Waals surface area contributed by atoms with Crippen molar-refractivity contribution < 1.29 is 37.8 Å². The van der Waals surface area contributed by atoms with Crippen LogP contribution in [0, 0.1) is 12.7 Å². The summed E-state index contributed by atoms with van der Waals surface area (Å²) in [6, 6.07) is 9.77. The van der Waals surface area contributed by atoms with Crippen molar-refractivity contribution in [3.05, 3.63) is 53.3 Å². The fourth-order valence-corrected chi connectivity index (χ4v) is 4.78. The van der Waals surface area contributed by atoms with Crippen LogP contribution < -0.4 is 20.9 Å². The van der Waals surface area contributed by atoms with E-state index in [4.69, 9.17) is 15.2 Å². The van der Waals surface area contributed by atoms with Gasteiger partial charge in [-0.3, -0.25) is 19.3 Å². The van der Waals surface area contributed by atoms with E-state index in [0.29, 0.717) is 61.8 Å². The Kier molecular flexibility index (Phi) is 12.3. The van der Waals surface area contributed by atoms with E-state index in [1.54, 1.807) is 63.1 Å². The van der Waals surface area contributed by atoms with Gasteiger partial charge in [0.1, 0.15) is 23.8 Å². The van der Waals surface area contributed by atoms with Gasteiger partial charge in [-0.1, -0.05) is 0 Å². The summed E-state index contributed by atoms with van der Waals surface area (Å²) in [5, 5.41) is 2.57. The number of anilines is 3. The smallest absolute Gasteiger partial charge is 0.414 e. The van der Waals surface area contributed by atoms with Crippen molar-refractivity contribution >= 4 is 47.9 Å². The molecule has 2 aromatic rings. The predicted molar refractivity (Wildman–Crippen MR) is 171 cm³/mol. The number of piperazine rings is 1. The second-order valence-corrected chi connectivity index (χ2v) is 12.1. The fourth-order valence-electron chi connectivity index (χ4n) is 4.78. The van der Waals surface area contributed by atoms with E-state index in [2.05, 4.69) is 5.32 Å². The third-order valence-electron chi connectivity index (χ3n) is 7.24. The molecule has 2 saturated heterocycles. The first-order chi connectivity index (χ1) is 21.7. The van der Waals surface area contributed by atoms with Crippen molar-refractivity contribution in [2.75, 3.05) is 68.4 Å². The molecule has 3 N–H and O–H groups in total. The molecule has 0 aromatic heterocycles. The Morgan fingerprint density at radius 3 is 2.41 bits per heavy atom. The summed E-state index contributed by atoms with van der Waals surface area (Å²) in [6.45, 7) is 9.54. The molecule has 0 aliphatic carbocycles. The first kappa shape index (κ1) is 35.6. The number of benzene rings is 2. The van der Waals surface area contributed by atoms with E-state index in [9.17, 15) is 24.0 Å². The van der Waals surface area contributed by atoms with Crippen molar-refractivity contribution in [1.29, 1.82) is 0 Å². The Bertz CT molecular complexity index is 1410. The number of alkyl carbamates (subject to hydrolysis) is 1. The second kappa shape index (κ2) is 15.9. The highest BCUT2D eigenvalue weighted by atomic mass is 19.1. The average Bonchev–Trinajstić information content (AvgIpc) is 3.38. The zero-order chi connectivity index (χ0) is 34.0. The SMILES string of the molecule is CN(C=O)CCC(=O)N1CCN(c2ccc(N3C[C@H](CNC(=O)OC(C)(C)C)OC3=O)cc2F)CC1.Cc1cc(N)ccc1C=O. The molecule has 250 valence electrons. The minimum absolute atomic E-state index is 0.0394. The average molecular weight is 643 g/mol. The summed E-state index contributed by atoms with van der Waals surface area (Å²) in [5.41, 5.74) is 7.90. The third kappa shape index (κ3) is 10.3. The van der Waals surface area contributed by atoms with Crippen LogP contribution in [0.5, 0.6) is 0 Å². The number of halogens is 1. The number of amides is 4. The van der Waals surface area contributed by atoms with Gasteiger partial charge in [0.15, 0.2) is 0 Å². The van der Waals surface area contributed by atoms with Crippen LogP contribution in [-0.2, 0) is 19.1 Å². The summed E-state index contributed by atoms with van der Waals surface area (Å²) in [6.07, 6.45) is -0.0638. The highest BCUT2D eigenvalue weighted by molar-refractivity contribution is 5.90. The third-order valence-corrected chi connectivity index (χ3v) is 7.24. The molecular weight excluding hydrogens is 599 g/mol. The molecule has 2 fully saturated rings. The lowest BCUT2D eigenvalue weighted by Crippen LogP contribution is -2.49. The van der Waals surface area contributed by atoms with E-state index in [1.807, 2.05) is 11.8 Å². The summed E-state index contributed by atoms with van der Waals surface area (Å²) in [7, 11) is 1.62. The Labute approximate surface area is 268 Å². The van der Waals surface area contributed by atoms with Crippen molar-refractivity contribution in [2.24, 2.45) is 0 Å². The van der Waals surface area contributed by atoms with E-state index in [-0.39, 0.29) is 25.4 Å². The first-order valence-corrected chi connectivity index (χ1v) is 14.9. The van der Waals surface area contributed by atoms with Crippen LogP contribution in [0.3, 0.4) is 0 Å². The number of rotatable bonds is 9. The molecule has 0 radical (unpaired) electrons. The van der Waals surface area contributed by atoms with Gasteiger partial charge in [0.2, 0.25) is 12.3 Å². The van der Waals surface area contributed by atoms with E-state index < -0.39 is 29.7 Å². The molecule has 1 atom stereocenters. The number of carbonyl (C=O) groups is 5. The summed E-state index contributed by atoms with van der Waals surface area (Å²) in [5.74, 6) is -0.523. The molecule has 2 aliphatic heterocycles. The van der Waals surface area contributed by atoms with Crippen molar-refractivity contribution in [3.8, 4) is 0 Å². The number of aldehydes is 1. The van der Waals surface area contributed by atoms with Crippen molar-refractivity contribution in [1.82, 2.24) is 15.1 Å². The van der Waals surface area contributed by atoms with Crippen molar-refractivity contribution in [3.63, 3.8) is 0 Å². The van der Waals surface area contributed by atoms with Gasteiger partial charge in [0.05, 0.1) is 24.5 Å². The topological polar surface area (TPSA) is 155 Å². The van der Waals surface area contributed by atoms with Crippen molar-refractivity contribution in [2.45, 2.75) is 45.8 Å². The molecule has 13 nitrogen and oxygen atoms in total. The zero-order valence-corrected chi connectivity index (χ0v) is 27.0. The molecule has 2 aromatic carbocycles. The summed E-state index contributed by atoms with van der Waals surface area (Å²) < 4.78 is 25.5. The summed E-state index contributed by atoms with van der Waals surface area (Å²) >= 11 is 0.